The predicted molar refractivity (Wildman–Crippen MR) is 77.0 cm³/mol. The van der Waals surface area contributed by atoms with E-state index in [-0.39, 0.29) is 17.5 Å². The minimum absolute atomic E-state index is 0.185. The van der Waals surface area contributed by atoms with Crippen molar-refractivity contribution in [2.75, 3.05) is 5.75 Å². The second-order valence-corrected chi connectivity index (χ2v) is 6.24. The Morgan fingerprint density at radius 1 is 1.30 bits per heavy atom. The zero-order valence-electron chi connectivity index (χ0n) is 10.2. The number of aliphatic carboxylic acids is 1. The van der Waals surface area contributed by atoms with E-state index < -0.39 is 12.0 Å². The van der Waals surface area contributed by atoms with Crippen molar-refractivity contribution in [3.63, 3.8) is 0 Å². The smallest absolute Gasteiger partial charge is 0.327 e. The molecule has 2 aromatic rings. The van der Waals surface area contributed by atoms with E-state index >= 15 is 0 Å². The summed E-state index contributed by atoms with van der Waals surface area (Å²) in [6, 6.07) is 5.12. The Morgan fingerprint density at radius 2 is 2.00 bits per heavy atom. The molecule has 20 heavy (non-hydrogen) atoms. The van der Waals surface area contributed by atoms with E-state index in [1.165, 1.54) is 33.7 Å². The summed E-state index contributed by atoms with van der Waals surface area (Å²) in [6.45, 7) is 0. The first-order valence-electron chi connectivity index (χ1n) is 5.61. The van der Waals surface area contributed by atoms with E-state index in [1.807, 2.05) is 6.07 Å². The molecule has 1 unspecified atom stereocenters. The molecule has 0 aliphatic heterocycles. The third kappa shape index (κ3) is 3.40. The van der Waals surface area contributed by atoms with Gasteiger partial charge in [0, 0.05) is 35.2 Å². The highest BCUT2D eigenvalue weighted by Crippen LogP contribution is 2.35. The summed E-state index contributed by atoms with van der Waals surface area (Å²) in [5.74, 6) is -1.49. The first-order valence-corrected chi connectivity index (χ1v) is 7.93. The number of carbonyl (C=O) groups is 1. The number of aromatic hydroxyl groups is 2. The highest BCUT2D eigenvalue weighted by atomic mass is 33.1. The Balaban J connectivity index is 2.02. The van der Waals surface area contributed by atoms with Crippen LogP contribution < -0.4 is 0 Å². The lowest BCUT2D eigenvalue weighted by Gasteiger charge is -2.15. The van der Waals surface area contributed by atoms with Gasteiger partial charge in [0.15, 0.2) is 11.8 Å². The number of aromatic nitrogens is 2. The second-order valence-electron chi connectivity index (χ2n) is 3.83. The lowest BCUT2D eigenvalue weighted by molar-refractivity contribution is -0.140. The van der Waals surface area contributed by atoms with Crippen molar-refractivity contribution in [3.05, 3.63) is 36.7 Å². The van der Waals surface area contributed by atoms with Crippen LogP contribution in [-0.2, 0) is 4.79 Å². The topological polar surface area (TPSA) is 95.6 Å². The fourth-order valence-electron chi connectivity index (χ4n) is 1.57. The molecule has 8 heteroatoms. The Labute approximate surface area is 122 Å². The van der Waals surface area contributed by atoms with E-state index in [0.29, 0.717) is 0 Å². The highest BCUT2D eigenvalue weighted by molar-refractivity contribution is 8.76. The monoisotopic (exact) mass is 312 g/mol. The highest BCUT2D eigenvalue weighted by Gasteiger charge is 2.24. The van der Waals surface area contributed by atoms with Crippen LogP contribution in [0.5, 0.6) is 11.8 Å². The van der Waals surface area contributed by atoms with Crippen molar-refractivity contribution in [3.8, 4) is 11.8 Å². The van der Waals surface area contributed by atoms with E-state index in [0.717, 1.165) is 9.46 Å². The van der Waals surface area contributed by atoms with E-state index in [4.69, 9.17) is 0 Å². The molecule has 2 rings (SSSR count). The lowest BCUT2D eigenvalue weighted by Crippen LogP contribution is -2.20. The van der Waals surface area contributed by atoms with Crippen molar-refractivity contribution < 1.29 is 20.1 Å². The molecule has 3 N–H and O–H groups in total. The van der Waals surface area contributed by atoms with Crippen molar-refractivity contribution >= 4 is 27.6 Å². The van der Waals surface area contributed by atoms with Gasteiger partial charge in [-0.05, 0) is 12.1 Å². The Kier molecular flexibility index (Phi) is 4.80. The molecule has 106 valence electrons. The number of carboxylic acid groups (broad SMARTS) is 1. The van der Waals surface area contributed by atoms with Gasteiger partial charge < -0.3 is 15.3 Å². The summed E-state index contributed by atoms with van der Waals surface area (Å²) in [7, 11) is 2.70. The third-order valence-corrected chi connectivity index (χ3v) is 4.83. The zero-order chi connectivity index (χ0) is 14.5. The molecular formula is C12H12N2O4S2. The molecule has 0 saturated heterocycles. The van der Waals surface area contributed by atoms with Gasteiger partial charge in [-0.3, -0.25) is 9.55 Å². The van der Waals surface area contributed by atoms with Crippen molar-refractivity contribution in [1.82, 2.24) is 9.55 Å². The van der Waals surface area contributed by atoms with Crippen molar-refractivity contribution in [2.24, 2.45) is 0 Å². The first-order chi connectivity index (χ1) is 9.59. The zero-order valence-corrected chi connectivity index (χ0v) is 11.8. The van der Waals surface area contributed by atoms with Crippen LogP contribution in [0.4, 0.5) is 0 Å². The largest absolute Gasteiger partial charge is 0.494 e. The number of rotatable bonds is 6. The minimum atomic E-state index is -1.12. The van der Waals surface area contributed by atoms with E-state index in [9.17, 15) is 20.1 Å². The van der Waals surface area contributed by atoms with Crippen LogP contribution in [0, 0.1) is 0 Å². The fraction of sp³-hybridized carbons (Fsp3) is 0.167. The third-order valence-electron chi connectivity index (χ3n) is 2.49. The molecule has 0 aliphatic rings. The predicted octanol–water partition coefficient (Wildman–Crippen LogP) is 2.36. The molecule has 0 amide bonds. The Hall–Kier alpha value is -1.80. The van der Waals surface area contributed by atoms with E-state index in [1.54, 1.807) is 18.5 Å². The average molecular weight is 312 g/mol. The minimum Gasteiger partial charge on any atom is -0.494 e. The Morgan fingerprint density at radius 3 is 2.55 bits per heavy atom. The summed E-state index contributed by atoms with van der Waals surface area (Å²) < 4.78 is 0.985. The van der Waals surface area contributed by atoms with Crippen LogP contribution in [0.25, 0.3) is 0 Å². The summed E-state index contributed by atoms with van der Waals surface area (Å²) in [4.78, 5) is 16.1. The first kappa shape index (κ1) is 14.6. The quantitative estimate of drug-likeness (QED) is 0.705. The summed E-state index contributed by atoms with van der Waals surface area (Å²) in [5.41, 5.74) is 0. The number of carboxylic acids is 1. The number of pyridine rings is 1. The summed E-state index contributed by atoms with van der Waals surface area (Å²) >= 11 is 0. The van der Waals surface area contributed by atoms with Crippen molar-refractivity contribution in [1.29, 1.82) is 0 Å². The molecule has 0 radical (unpaired) electrons. The molecular weight excluding hydrogens is 300 g/mol. The van der Waals surface area contributed by atoms with Crippen LogP contribution in [-0.4, -0.2) is 36.6 Å². The molecule has 6 nitrogen and oxygen atoms in total. The van der Waals surface area contributed by atoms with Crippen LogP contribution in [0.15, 0.2) is 41.6 Å². The summed E-state index contributed by atoms with van der Waals surface area (Å²) in [6.07, 6.45) is 3.34. The number of hydrogen-bond acceptors (Lipinski definition) is 6. The fourth-order valence-corrected chi connectivity index (χ4v) is 3.72. The number of hydrogen-bond donors (Lipinski definition) is 3. The van der Waals surface area contributed by atoms with Crippen LogP contribution in [0.1, 0.15) is 6.04 Å². The van der Waals surface area contributed by atoms with Gasteiger partial charge in [-0.2, -0.15) is 0 Å². The van der Waals surface area contributed by atoms with Crippen LogP contribution in [0.2, 0.25) is 0 Å². The molecule has 0 bridgehead atoms. The lowest BCUT2D eigenvalue weighted by atomic mass is 10.3. The van der Waals surface area contributed by atoms with Gasteiger partial charge in [0.05, 0.1) is 0 Å². The maximum atomic E-state index is 11.3. The van der Waals surface area contributed by atoms with Gasteiger partial charge in [0.1, 0.15) is 6.04 Å². The maximum Gasteiger partial charge on any atom is 0.327 e. The molecule has 2 aromatic heterocycles. The SMILES string of the molecule is O=C(O)C(CSSc1cccnc1)n1c(O)ccc1O. The molecule has 0 spiro atoms. The maximum absolute atomic E-state index is 11.3. The standard InChI is InChI=1S/C12H12N2O4S2/c15-10-3-4-11(16)14(10)9(12(17)18)7-19-20-8-2-1-5-13-6-8/h1-6,9,15-16H,7H2,(H,17,18). The van der Waals surface area contributed by atoms with Gasteiger partial charge in [0.25, 0.3) is 0 Å². The number of nitrogens with zero attached hydrogens (tertiary/aromatic N) is 2. The summed E-state index contributed by atoms with van der Waals surface area (Å²) in [5, 5.41) is 28.4. The average Bonchev–Trinajstić information content (AvgIpc) is 2.76. The molecule has 0 saturated carbocycles. The normalized spacial score (nSPS) is 12.2. The molecule has 0 fully saturated rings. The van der Waals surface area contributed by atoms with Gasteiger partial charge >= 0.3 is 5.97 Å². The van der Waals surface area contributed by atoms with Gasteiger partial charge in [-0.25, -0.2) is 4.79 Å². The van der Waals surface area contributed by atoms with Crippen LogP contribution >= 0.6 is 21.6 Å². The van der Waals surface area contributed by atoms with Gasteiger partial charge in [0.2, 0.25) is 0 Å². The Bertz CT molecular complexity index is 569. The van der Waals surface area contributed by atoms with Crippen LogP contribution in [0.3, 0.4) is 0 Å². The molecule has 0 aromatic carbocycles. The molecule has 0 aliphatic carbocycles. The van der Waals surface area contributed by atoms with Gasteiger partial charge in [-0.1, -0.05) is 21.6 Å². The molecule has 1 atom stereocenters. The second kappa shape index (κ2) is 6.58. The van der Waals surface area contributed by atoms with Gasteiger partial charge in [-0.15, -0.1) is 0 Å². The van der Waals surface area contributed by atoms with E-state index in [2.05, 4.69) is 4.98 Å². The molecule has 2 heterocycles. The van der Waals surface area contributed by atoms with Crippen molar-refractivity contribution in [2.45, 2.75) is 10.9 Å².